The van der Waals surface area contributed by atoms with Crippen molar-refractivity contribution in [3.8, 4) is 0 Å². The van der Waals surface area contributed by atoms with Crippen LogP contribution in [0.5, 0.6) is 0 Å². The normalized spacial score (nSPS) is 10.7. The van der Waals surface area contributed by atoms with Crippen molar-refractivity contribution in [1.82, 2.24) is 10.2 Å². The molecule has 0 fully saturated rings. The summed E-state index contributed by atoms with van der Waals surface area (Å²) in [5.74, 6) is 0.106. The third-order valence-corrected chi connectivity index (χ3v) is 3.28. The van der Waals surface area contributed by atoms with Crippen molar-refractivity contribution < 1.29 is 4.79 Å². The third kappa shape index (κ3) is 5.88. The van der Waals surface area contributed by atoms with Crippen LogP contribution in [-0.4, -0.2) is 30.4 Å². The minimum Gasteiger partial charge on any atom is -0.351 e. The molecule has 0 saturated heterocycles. The van der Waals surface area contributed by atoms with Gasteiger partial charge in [-0.15, -0.1) is 0 Å². The number of carbonyl (C=O) groups is 1. The average molecular weight is 262 g/mol. The molecule has 0 saturated carbocycles. The van der Waals surface area contributed by atoms with Crippen LogP contribution in [0.25, 0.3) is 0 Å². The number of nitrogens with one attached hydrogen (secondary N) is 1. The monoisotopic (exact) mass is 262 g/mol. The highest BCUT2D eigenvalue weighted by molar-refractivity contribution is 5.77. The Balaban J connectivity index is 2.36. The van der Waals surface area contributed by atoms with Gasteiger partial charge in [0.1, 0.15) is 0 Å². The van der Waals surface area contributed by atoms with Gasteiger partial charge in [0, 0.05) is 6.54 Å². The number of hydrogen-bond acceptors (Lipinski definition) is 2. The van der Waals surface area contributed by atoms with E-state index in [1.165, 1.54) is 5.56 Å². The smallest absolute Gasteiger partial charge is 0.234 e. The number of hydrogen-bond donors (Lipinski definition) is 1. The van der Waals surface area contributed by atoms with E-state index in [9.17, 15) is 4.79 Å². The molecule has 0 bridgehead atoms. The van der Waals surface area contributed by atoms with E-state index in [0.717, 1.165) is 31.5 Å². The summed E-state index contributed by atoms with van der Waals surface area (Å²) in [6, 6.07) is 8.42. The lowest BCUT2D eigenvalue weighted by atomic mass is 10.1. The van der Waals surface area contributed by atoms with Crippen LogP contribution in [0.15, 0.2) is 24.3 Å². The number of amides is 1. The second kappa shape index (κ2) is 8.70. The molecular weight excluding hydrogens is 236 g/mol. The van der Waals surface area contributed by atoms with Crippen LogP contribution in [0.2, 0.25) is 0 Å². The summed E-state index contributed by atoms with van der Waals surface area (Å²) in [4.78, 5) is 14.0. The first-order valence-corrected chi connectivity index (χ1v) is 7.26. The van der Waals surface area contributed by atoms with E-state index >= 15 is 0 Å². The topological polar surface area (TPSA) is 32.3 Å². The second-order valence-electron chi connectivity index (χ2n) is 4.82. The maximum atomic E-state index is 11.8. The lowest BCUT2D eigenvalue weighted by molar-refractivity contribution is -0.122. The maximum absolute atomic E-state index is 11.8. The molecule has 1 aromatic carbocycles. The highest BCUT2D eigenvalue weighted by Crippen LogP contribution is 2.04. The van der Waals surface area contributed by atoms with E-state index in [2.05, 4.69) is 55.3 Å². The summed E-state index contributed by atoms with van der Waals surface area (Å²) in [6.45, 7) is 9.39. The molecule has 0 radical (unpaired) electrons. The zero-order chi connectivity index (χ0) is 14.1. The van der Waals surface area contributed by atoms with Crippen LogP contribution in [0.3, 0.4) is 0 Å². The van der Waals surface area contributed by atoms with Gasteiger partial charge in [0.2, 0.25) is 5.91 Å². The van der Waals surface area contributed by atoms with Crippen molar-refractivity contribution in [3.05, 3.63) is 35.4 Å². The molecule has 1 N–H and O–H groups in total. The molecule has 19 heavy (non-hydrogen) atoms. The Morgan fingerprint density at radius 1 is 1.11 bits per heavy atom. The van der Waals surface area contributed by atoms with Crippen LogP contribution >= 0.6 is 0 Å². The fourth-order valence-electron chi connectivity index (χ4n) is 2.02. The number of nitrogens with zero attached hydrogens (tertiary/aromatic N) is 1. The molecule has 0 aliphatic carbocycles. The minimum absolute atomic E-state index is 0.106. The van der Waals surface area contributed by atoms with E-state index < -0.39 is 0 Å². The van der Waals surface area contributed by atoms with Crippen molar-refractivity contribution in [2.75, 3.05) is 19.6 Å². The van der Waals surface area contributed by atoms with Crippen LogP contribution in [0.4, 0.5) is 0 Å². The standard InChI is InChI=1S/C16H26N2O/c1-4-11-18(6-3)13-16(19)17-12-15-9-7-14(5-2)8-10-15/h7-10H,4-6,11-13H2,1-3H3,(H,17,19). The van der Waals surface area contributed by atoms with Gasteiger partial charge in [-0.05, 0) is 37.1 Å². The SMILES string of the molecule is CCCN(CC)CC(=O)NCc1ccc(CC)cc1. The second-order valence-corrected chi connectivity index (χ2v) is 4.82. The van der Waals surface area contributed by atoms with E-state index in [4.69, 9.17) is 0 Å². The molecule has 0 heterocycles. The molecule has 0 spiro atoms. The zero-order valence-corrected chi connectivity index (χ0v) is 12.4. The first-order valence-electron chi connectivity index (χ1n) is 7.26. The third-order valence-electron chi connectivity index (χ3n) is 3.28. The Morgan fingerprint density at radius 3 is 2.26 bits per heavy atom. The number of rotatable bonds is 8. The summed E-state index contributed by atoms with van der Waals surface area (Å²) in [5, 5.41) is 2.98. The summed E-state index contributed by atoms with van der Waals surface area (Å²) < 4.78 is 0. The number of aryl methyl sites for hydroxylation is 1. The van der Waals surface area contributed by atoms with Crippen LogP contribution in [0, 0.1) is 0 Å². The molecule has 0 unspecified atom stereocenters. The summed E-state index contributed by atoms with van der Waals surface area (Å²) in [6.07, 6.45) is 2.13. The van der Waals surface area contributed by atoms with Gasteiger partial charge >= 0.3 is 0 Å². The van der Waals surface area contributed by atoms with Gasteiger partial charge in [-0.2, -0.15) is 0 Å². The molecular formula is C16H26N2O. The average Bonchev–Trinajstić information content (AvgIpc) is 2.45. The van der Waals surface area contributed by atoms with Crippen molar-refractivity contribution in [3.63, 3.8) is 0 Å². The van der Waals surface area contributed by atoms with E-state index in [-0.39, 0.29) is 5.91 Å². The van der Waals surface area contributed by atoms with E-state index in [1.807, 2.05) is 0 Å². The number of carbonyl (C=O) groups excluding carboxylic acids is 1. The Bertz CT molecular complexity index is 373. The lowest BCUT2D eigenvalue weighted by Gasteiger charge is -2.18. The molecule has 3 nitrogen and oxygen atoms in total. The Kier molecular flexibility index (Phi) is 7.19. The van der Waals surface area contributed by atoms with Gasteiger partial charge in [0.15, 0.2) is 0 Å². The molecule has 1 amide bonds. The van der Waals surface area contributed by atoms with Gasteiger partial charge < -0.3 is 5.32 Å². The van der Waals surface area contributed by atoms with E-state index in [1.54, 1.807) is 0 Å². The van der Waals surface area contributed by atoms with Crippen molar-refractivity contribution in [2.24, 2.45) is 0 Å². The van der Waals surface area contributed by atoms with Gasteiger partial charge in [-0.3, -0.25) is 9.69 Å². The predicted octanol–water partition coefficient (Wildman–Crippen LogP) is 2.60. The summed E-state index contributed by atoms with van der Waals surface area (Å²) >= 11 is 0. The van der Waals surface area contributed by atoms with E-state index in [0.29, 0.717) is 13.1 Å². The number of benzene rings is 1. The molecule has 0 aliphatic rings. The maximum Gasteiger partial charge on any atom is 0.234 e. The summed E-state index contributed by atoms with van der Waals surface area (Å²) in [7, 11) is 0. The van der Waals surface area contributed by atoms with Gasteiger partial charge in [-0.25, -0.2) is 0 Å². The molecule has 0 aliphatic heterocycles. The lowest BCUT2D eigenvalue weighted by Crippen LogP contribution is -2.37. The van der Waals surface area contributed by atoms with Crippen molar-refractivity contribution >= 4 is 5.91 Å². The predicted molar refractivity (Wildman–Crippen MR) is 80.1 cm³/mol. The minimum atomic E-state index is 0.106. The summed E-state index contributed by atoms with van der Waals surface area (Å²) in [5.41, 5.74) is 2.49. The van der Waals surface area contributed by atoms with Crippen LogP contribution < -0.4 is 5.32 Å². The Labute approximate surface area is 117 Å². The molecule has 1 rings (SSSR count). The highest BCUT2D eigenvalue weighted by atomic mass is 16.2. The molecule has 3 heteroatoms. The van der Waals surface area contributed by atoms with Gasteiger partial charge in [0.05, 0.1) is 6.54 Å². The van der Waals surface area contributed by atoms with Crippen LogP contribution in [-0.2, 0) is 17.8 Å². The first-order chi connectivity index (χ1) is 9.19. The van der Waals surface area contributed by atoms with Crippen molar-refractivity contribution in [2.45, 2.75) is 40.2 Å². The molecule has 1 aromatic rings. The molecule has 106 valence electrons. The Hall–Kier alpha value is -1.35. The first kappa shape index (κ1) is 15.7. The molecule has 0 aromatic heterocycles. The quantitative estimate of drug-likeness (QED) is 0.781. The van der Waals surface area contributed by atoms with Crippen molar-refractivity contribution in [1.29, 1.82) is 0 Å². The zero-order valence-electron chi connectivity index (χ0n) is 12.4. The van der Waals surface area contributed by atoms with Crippen LogP contribution in [0.1, 0.15) is 38.3 Å². The molecule has 0 atom stereocenters. The number of likely N-dealkylation sites (N-methyl/N-ethyl adjacent to an activating group) is 1. The fraction of sp³-hybridized carbons (Fsp3) is 0.562. The largest absolute Gasteiger partial charge is 0.351 e. The highest BCUT2D eigenvalue weighted by Gasteiger charge is 2.07. The van der Waals surface area contributed by atoms with Gasteiger partial charge in [0.25, 0.3) is 0 Å². The Morgan fingerprint density at radius 2 is 1.74 bits per heavy atom. The van der Waals surface area contributed by atoms with Gasteiger partial charge in [-0.1, -0.05) is 45.0 Å². The fourth-order valence-corrected chi connectivity index (χ4v) is 2.02.